The van der Waals surface area contributed by atoms with Gasteiger partial charge in [0.1, 0.15) is 0 Å². The standard InChI is InChI=1S/C15H21NO2/c1-11(2)8-10-18-15(17)13-7-9-16-14-6-4-3-5-12(13)14/h3-6,11,13,16H,7-10H2,1-2H3. The molecule has 1 heterocycles. The Bertz CT molecular complexity index is 415. The summed E-state index contributed by atoms with van der Waals surface area (Å²) in [5, 5.41) is 3.31. The maximum absolute atomic E-state index is 12.1. The molecule has 1 aliphatic heterocycles. The van der Waals surface area contributed by atoms with Gasteiger partial charge in [-0.3, -0.25) is 4.79 Å². The van der Waals surface area contributed by atoms with Gasteiger partial charge in [-0.1, -0.05) is 32.0 Å². The maximum atomic E-state index is 12.1. The number of esters is 1. The van der Waals surface area contributed by atoms with Crippen LogP contribution in [0.5, 0.6) is 0 Å². The van der Waals surface area contributed by atoms with Crippen molar-refractivity contribution in [1.29, 1.82) is 0 Å². The van der Waals surface area contributed by atoms with E-state index in [0.717, 1.165) is 30.6 Å². The van der Waals surface area contributed by atoms with Crippen LogP contribution in [-0.2, 0) is 9.53 Å². The lowest BCUT2D eigenvalue weighted by Gasteiger charge is -2.25. The van der Waals surface area contributed by atoms with Crippen molar-refractivity contribution in [3.05, 3.63) is 29.8 Å². The van der Waals surface area contributed by atoms with Crippen LogP contribution in [0.4, 0.5) is 5.69 Å². The lowest BCUT2D eigenvalue weighted by atomic mass is 9.91. The first-order valence-corrected chi connectivity index (χ1v) is 6.68. The molecule has 0 spiro atoms. The normalized spacial score (nSPS) is 18.1. The number of carbonyl (C=O) groups excluding carboxylic acids is 1. The highest BCUT2D eigenvalue weighted by Gasteiger charge is 2.27. The molecule has 18 heavy (non-hydrogen) atoms. The van der Waals surface area contributed by atoms with Crippen molar-refractivity contribution in [2.24, 2.45) is 5.92 Å². The van der Waals surface area contributed by atoms with Gasteiger partial charge < -0.3 is 10.1 Å². The Balaban J connectivity index is 1.99. The molecule has 0 bridgehead atoms. The minimum absolute atomic E-state index is 0.0791. The van der Waals surface area contributed by atoms with Gasteiger partial charge in [0.15, 0.2) is 0 Å². The number of benzene rings is 1. The number of hydrogen-bond donors (Lipinski definition) is 1. The molecule has 0 radical (unpaired) electrons. The number of nitrogens with one attached hydrogen (secondary N) is 1. The Kier molecular flexibility index (Phi) is 4.24. The molecule has 98 valence electrons. The van der Waals surface area contributed by atoms with Crippen molar-refractivity contribution in [3.8, 4) is 0 Å². The fourth-order valence-corrected chi connectivity index (χ4v) is 2.21. The molecule has 0 saturated carbocycles. The average molecular weight is 247 g/mol. The lowest BCUT2D eigenvalue weighted by molar-refractivity contribution is -0.146. The van der Waals surface area contributed by atoms with E-state index in [2.05, 4.69) is 19.2 Å². The second kappa shape index (κ2) is 5.89. The van der Waals surface area contributed by atoms with E-state index in [1.54, 1.807) is 0 Å². The molecule has 0 fully saturated rings. The predicted octanol–water partition coefficient (Wildman–Crippen LogP) is 3.18. The van der Waals surface area contributed by atoms with Gasteiger partial charge in [-0.15, -0.1) is 0 Å². The molecular weight excluding hydrogens is 226 g/mol. The van der Waals surface area contributed by atoms with E-state index < -0.39 is 0 Å². The van der Waals surface area contributed by atoms with Crippen LogP contribution in [0.1, 0.15) is 38.2 Å². The molecule has 0 aliphatic carbocycles. The summed E-state index contributed by atoms with van der Waals surface area (Å²) in [5.41, 5.74) is 2.13. The van der Waals surface area contributed by atoms with Crippen LogP contribution >= 0.6 is 0 Å². The Morgan fingerprint density at radius 2 is 2.22 bits per heavy atom. The quantitative estimate of drug-likeness (QED) is 0.830. The van der Waals surface area contributed by atoms with Gasteiger partial charge in [-0.2, -0.15) is 0 Å². The van der Waals surface area contributed by atoms with Gasteiger partial charge in [0.25, 0.3) is 0 Å². The fourth-order valence-electron chi connectivity index (χ4n) is 2.21. The summed E-state index contributed by atoms with van der Waals surface area (Å²) in [7, 11) is 0. The molecule has 1 unspecified atom stereocenters. The molecule has 1 aromatic rings. The van der Waals surface area contributed by atoms with Crippen LogP contribution in [-0.4, -0.2) is 19.1 Å². The third kappa shape index (κ3) is 3.03. The van der Waals surface area contributed by atoms with Crippen molar-refractivity contribution in [3.63, 3.8) is 0 Å². The molecule has 1 aromatic carbocycles. The van der Waals surface area contributed by atoms with E-state index in [0.29, 0.717) is 12.5 Å². The zero-order valence-electron chi connectivity index (χ0n) is 11.1. The van der Waals surface area contributed by atoms with E-state index >= 15 is 0 Å². The molecule has 1 atom stereocenters. The molecule has 1 aliphatic rings. The van der Waals surface area contributed by atoms with E-state index in [1.165, 1.54) is 0 Å². The zero-order valence-corrected chi connectivity index (χ0v) is 11.1. The molecule has 3 nitrogen and oxygen atoms in total. The van der Waals surface area contributed by atoms with Crippen LogP contribution in [0, 0.1) is 5.92 Å². The monoisotopic (exact) mass is 247 g/mol. The number of para-hydroxylation sites is 1. The van der Waals surface area contributed by atoms with Gasteiger partial charge in [-0.25, -0.2) is 0 Å². The first-order chi connectivity index (χ1) is 8.68. The summed E-state index contributed by atoms with van der Waals surface area (Å²) >= 11 is 0. The summed E-state index contributed by atoms with van der Waals surface area (Å²) in [6.07, 6.45) is 1.75. The van der Waals surface area contributed by atoms with E-state index in [4.69, 9.17) is 4.74 Å². The smallest absolute Gasteiger partial charge is 0.313 e. The zero-order chi connectivity index (χ0) is 13.0. The third-order valence-corrected chi connectivity index (χ3v) is 3.31. The second-order valence-electron chi connectivity index (χ2n) is 5.21. The predicted molar refractivity (Wildman–Crippen MR) is 72.7 cm³/mol. The summed E-state index contributed by atoms with van der Waals surface area (Å²) in [5.74, 6) is 0.386. The highest BCUT2D eigenvalue weighted by Crippen LogP contribution is 2.32. The molecule has 2 rings (SSSR count). The molecule has 3 heteroatoms. The minimum atomic E-state index is -0.102. The maximum Gasteiger partial charge on any atom is 0.313 e. The van der Waals surface area contributed by atoms with Gasteiger partial charge in [0, 0.05) is 12.2 Å². The summed E-state index contributed by atoms with van der Waals surface area (Å²) < 4.78 is 5.38. The summed E-state index contributed by atoms with van der Waals surface area (Å²) in [4.78, 5) is 12.1. The van der Waals surface area contributed by atoms with Crippen molar-refractivity contribution in [2.45, 2.75) is 32.6 Å². The Morgan fingerprint density at radius 1 is 1.44 bits per heavy atom. The number of fused-ring (bicyclic) bond motifs is 1. The topological polar surface area (TPSA) is 38.3 Å². The van der Waals surface area contributed by atoms with Crippen LogP contribution in [0.2, 0.25) is 0 Å². The van der Waals surface area contributed by atoms with Crippen molar-refractivity contribution in [2.75, 3.05) is 18.5 Å². The largest absolute Gasteiger partial charge is 0.465 e. The van der Waals surface area contributed by atoms with Crippen LogP contribution in [0.15, 0.2) is 24.3 Å². The Labute approximate surface area is 109 Å². The van der Waals surface area contributed by atoms with Crippen molar-refractivity contribution >= 4 is 11.7 Å². The number of carbonyl (C=O) groups is 1. The van der Waals surface area contributed by atoms with Gasteiger partial charge in [-0.05, 0) is 30.4 Å². The van der Waals surface area contributed by atoms with Crippen molar-refractivity contribution < 1.29 is 9.53 Å². The van der Waals surface area contributed by atoms with Crippen LogP contribution < -0.4 is 5.32 Å². The Morgan fingerprint density at radius 3 is 3.00 bits per heavy atom. The third-order valence-electron chi connectivity index (χ3n) is 3.31. The Hall–Kier alpha value is -1.51. The van der Waals surface area contributed by atoms with Gasteiger partial charge in [0.05, 0.1) is 12.5 Å². The number of hydrogen-bond acceptors (Lipinski definition) is 3. The highest BCUT2D eigenvalue weighted by molar-refractivity contribution is 5.81. The highest BCUT2D eigenvalue weighted by atomic mass is 16.5. The first kappa shape index (κ1) is 12.9. The molecule has 0 amide bonds. The SMILES string of the molecule is CC(C)CCOC(=O)C1CCNc2ccccc21. The summed E-state index contributed by atoms with van der Waals surface area (Å²) in [6, 6.07) is 7.98. The molecule has 1 N–H and O–H groups in total. The van der Waals surface area contributed by atoms with Crippen LogP contribution in [0.3, 0.4) is 0 Å². The fraction of sp³-hybridized carbons (Fsp3) is 0.533. The van der Waals surface area contributed by atoms with Gasteiger partial charge in [0.2, 0.25) is 0 Å². The van der Waals surface area contributed by atoms with E-state index in [-0.39, 0.29) is 11.9 Å². The molecule has 0 saturated heterocycles. The minimum Gasteiger partial charge on any atom is -0.465 e. The number of ether oxygens (including phenoxy) is 1. The van der Waals surface area contributed by atoms with Crippen LogP contribution in [0.25, 0.3) is 0 Å². The lowest BCUT2D eigenvalue weighted by Crippen LogP contribution is -2.25. The first-order valence-electron chi connectivity index (χ1n) is 6.68. The van der Waals surface area contributed by atoms with Crippen molar-refractivity contribution in [1.82, 2.24) is 0 Å². The summed E-state index contributed by atoms with van der Waals surface area (Å²) in [6.45, 7) is 5.63. The number of anilines is 1. The average Bonchev–Trinajstić information content (AvgIpc) is 2.37. The number of rotatable bonds is 4. The molecular formula is C15H21NO2. The molecule has 0 aromatic heterocycles. The second-order valence-corrected chi connectivity index (χ2v) is 5.21. The van der Waals surface area contributed by atoms with Gasteiger partial charge >= 0.3 is 5.97 Å². The van der Waals surface area contributed by atoms with E-state index in [9.17, 15) is 4.79 Å². The van der Waals surface area contributed by atoms with E-state index in [1.807, 2.05) is 24.3 Å².